The Bertz CT molecular complexity index is 1040. The third kappa shape index (κ3) is 5.17. The second-order valence-electron chi connectivity index (χ2n) is 6.60. The standard InChI is InChI=1S/C21H19ClN4O2S/c1-14(2)26-21(29-18-8-16(11-23)7-17(22)10-18)19(20(25-26)12-28-13-27)9-15-3-5-24-6-4-15/h3-8,10,13-14H,9,12H2,1-2H3. The third-order valence-corrected chi connectivity index (χ3v) is 5.48. The molecule has 0 aliphatic rings. The zero-order chi connectivity index (χ0) is 20.8. The van der Waals surface area contributed by atoms with Crippen molar-refractivity contribution in [3.8, 4) is 6.07 Å². The number of carbonyl (C=O) groups excluding carboxylic acids is 1. The van der Waals surface area contributed by atoms with E-state index in [9.17, 15) is 10.1 Å². The number of halogens is 1. The van der Waals surface area contributed by atoms with Crippen molar-refractivity contribution in [3.05, 3.63) is 70.1 Å². The Kier molecular flexibility index (Phi) is 6.91. The van der Waals surface area contributed by atoms with Gasteiger partial charge in [0.15, 0.2) is 0 Å². The van der Waals surface area contributed by atoms with E-state index < -0.39 is 0 Å². The Balaban J connectivity index is 2.09. The summed E-state index contributed by atoms with van der Waals surface area (Å²) in [5.74, 6) is 0. The molecular formula is C21H19ClN4O2S. The molecule has 1 aromatic carbocycles. The number of nitrogens with zero attached hydrogens (tertiary/aromatic N) is 4. The average molecular weight is 427 g/mol. The van der Waals surface area contributed by atoms with Gasteiger partial charge < -0.3 is 4.74 Å². The summed E-state index contributed by atoms with van der Waals surface area (Å²) in [5, 5.41) is 15.4. The Morgan fingerprint density at radius 3 is 2.72 bits per heavy atom. The monoisotopic (exact) mass is 426 g/mol. The van der Waals surface area contributed by atoms with Crippen molar-refractivity contribution < 1.29 is 9.53 Å². The highest BCUT2D eigenvalue weighted by Gasteiger charge is 2.21. The third-order valence-electron chi connectivity index (χ3n) is 4.17. The van der Waals surface area contributed by atoms with E-state index in [1.807, 2.05) is 36.7 Å². The molecule has 0 aliphatic carbocycles. The van der Waals surface area contributed by atoms with Crippen LogP contribution >= 0.6 is 23.4 Å². The molecule has 0 saturated carbocycles. The van der Waals surface area contributed by atoms with Crippen molar-refractivity contribution in [2.45, 2.75) is 42.8 Å². The largest absolute Gasteiger partial charge is 0.461 e. The maximum Gasteiger partial charge on any atom is 0.293 e. The number of aromatic nitrogens is 3. The molecule has 0 bridgehead atoms. The molecule has 6 nitrogen and oxygen atoms in total. The predicted octanol–water partition coefficient (Wildman–Crippen LogP) is 4.80. The minimum absolute atomic E-state index is 0.0910. The molecule has 0 fully saturated rings. The highest BCUT2D eigenvalue weighted by atomic mass is 35.5. The van der Waals surface area contributed by atoms with Crippen molar-refractivity contribution in [1.82, 2.24) is 14.8 Å². The molecule has 3 rings (SSSR count). The smallest absolute Gasteiger partial charge is 0.293 e. The Hall–Kier alpha value is -2.82. The molecule has 2 aromatic heterocycles. The van der Waals surface area contributed by atoms with E-state index in [2.05, 4.69) is 11.1 Å². The highest BCUT2D eigenvalue weighted by molar-refractivity contribution is 7.99. The maximum absolute atomic E-state index is 10.8. The SMILES string of the molecule is CC(C)n1nc(COC=O)c(Cc2ccncc2)c1Sc1cc(Cl)cc(C#N)c1. The van der Waals surface area contributed by atoms with Gasteiger partial charge in [0.25, 0.3) is 6.47 Å². The number of ether oxygens (including phenoxy) is 1. The van der Waals surface area contributed by atoms with Gasteiger partial charge >= 0.3 is 0 Å². The van der Waals surface area contributed by atoms with Crippen LogP contribution in [0.15, 0.2) is 52.6 Å². The van der Waals surface area contributed by atoms with Crippen molar-refractivity contribution >= 4 is 29.8 Å². The average Bonchev–Trinajstić information content (AvgIpc) is 3.04. The number of pyridine rings is 1. The first-order valence-electron chi connectivity index (χ1n) is 8.94. The van der Waals surface area contributed by atoms with Gasteiger partial charge in [-0.3, -0.25) is 14.5 Å². The summed E-state index contributed by atoms with van der Waals surface area (Å²) in [7, 11) is 0. The first kappa shape index (κ1) is 20.9. The van der Waals surface area contributed by atoms with Crippen LogP contribution in [0, 0.1) is 11.3 Å². The number of rotatable bonds is 8. The topological polar surface area (TPSA) is 80.8 Å². The lowest BCUT2D eigenvalue weighted by Gasteiger charge is -2.13. The fraction of sp³-hybridized carbons (Fsp3) is 0.238. The first-order valence-corrected chi connectivity index (χ1v) is 10.1. The molecule has 2 heterocycles. The van der Waals surface area contributed by atoms with E-state index in [0.717, 1.165) is 21.0 Å². The van der Waals surface area contributed by atoms with Crippen LogP contribution in [0.2, 0.25) is 5.02 Å². The fourth-order valence-corrected chi connectivity index (χ4v) is 4.42. The van der Waals surface area contributed by atoms with Crippen LogP contribution in [0.25, 0.3) is 0 Å². The van der Waals surface area contributed by atoms with Gasteiger partial charge in [-0.15, -0.1) is 0 Å². The van der Waals surface area contributed by atoms with E-state index in [0.29, 0.717) is 29.2 Å². The van der Waals surface area contributed by atoms with Gasteiger partial charge in [0, 0.05) is 40.3 Å². The first-order chi connectivity index (χ1) is 14.0. The van der Waals surface area contributed by atoms with Crippen molar-refractivity contribution in [1.29, 1.82) is 5.26 Å². The van der Waals surface area contributed by atoms with Gasteiger partial charge in [-0.1, -0.05) is 23.4 Å². The van der Waals surface area contributed by atoms with Gasteiger partial charge in [0.1, 0.15) is 17.3 Å². The van der Waals surface area contributed by atoms with Crippen molar-refractivity contribution in [2.75, 3.05) is 0 Å². The van der Waals surface area contributed by atoms with Gasteiger partial charge in [0.2, 0.25) is 0 Å². The van der Waals surface area contributed by atoms with Crippen LogP contribution in [0.3, 0.4) is 0 Å². The number of carbonyl (C=O) groups is 1. The lowest BCUT2D eigenvalue weighted by molar-refractivity contribution is -0.129. The maximum atomic E-state index is 10.8. The molecule has 8 heteroatoms. The molecule has 0 atom stereocenters. The fourth-order valence-electron chi connectivity index (χ4n) is 2.87. The molecule has 0 aliphatic heterocycles. The minimum Gasteiger partial charge on any atom is -0.461 e. The lowest BCUT2D eigenvalue weighted by atomic mass is 10.1. The summed E-state index contributed by atoms with van der Waals surface area (Å²) in [4.78, 5) is 15.7. The van der Waals surface area contributed by atoms with E-state index >= 15 is 0 Å². The van der Waals surface area contributed by atoms with E-state index in [1.165, 1.54) is 11.8 Å². The van der Waals surface area contributed by atoms with Gasteiger partial charge in [0.05, 0.1) is 11.6 Å². The van der Waals surface area contributed by atoms with Crippen LogP contribution in [0.5, 0.6) is 0 Å². The highest BCUT2D eigenvalue weighted by Crippen LogP contribution is 2.37. The molecule has 0 spiro atoms. The zero-order valence-electron chi connectivity index (χ0n) is 16.0. The van der Waals surface area contributed by atoms with Crippen LogP contribution in [-0.2, 0) is 22.6 Å². The van der Waals surface area contributed by atoms with Crippen molar-refractivity contribution in [2.24, 2.45) is 0 Å². The Labute approximate surface area is 178 Å². The Morgan fingerprint density at radius 2 is 2.07 bits per heavy atom. The van der Waals surface area contributed by atoms with E-state index in [4.69, 9.17) is 21.4 Å². The zero-order valence-corrected chi connectivity index (χ0v) is 17.6. The summed E-state index contributed by atoms with van der Waals surface area (Å²) in [6, 6.07) is 11.4. The van der Waals surface area contributed by atoms with Crippen molar-refractivity contribution in [3.63, 3.8) is 0 Å². The molecule has 0 N–H and O–H groups in total. The molecule has 3 aromatic rings. The predicted molar refractivity (Wildman–Crippen MR) is 111 cm³/mol. The van der Waals surface area contributed by atoms with Crippen LogP contribution < -0.4 is 0 Å². The quantitative estimate of drug-likeness (QED) is 0.481. The van der Waals surface area contributed by atoms with Crippen LogP contribution in [0.4, 0.5) is 0 Å². The normalized spacial score (nSPS) is 10.7. The molecule has 0 amide bonds. The number of benzene rings is 1. The van der Waals surface area contributed by atoms with Crippen LogP contribution in [0.1, 0.15) is 42.3 Å². The molecule has 29 heavy (non-hydrogen) atoms. The molecule has 0 saturated heterocycles. The Morgan fingerprint density at radius 1 is 1.31 bits per heavy atom. The van der Waals surface area contributed by atoms with E-state index in [1.54, 1.807) is 24.5 Å². The summed E-state index contributed by atoms with van der Waals surface area (Å²) in [6.45, 7) is 4.59. The lowest BCUT2D eigenvalue weighted by Crippen LogP contribution is -2.05. The summed E-state index contributed by atoms with van der Waals surface area (Å²) < 4.78 is 6.92. The number of hydrogen-bond donors (Lipinski definition) is 0. The summed E-state index contributed by atoms with van der Waals surface area (Å²) >= 11 is 7.68. The number of nitriles is 1. The summed E-state index contributed by atoms with van der Waals surface area (Å²) in [6.07, 6.45) is 4.10. The van der Waals surface area contributed by atoms with E-state index in [-0.39, 0.29) is 12.6 Å². The molecule has 148 valence electrons. The second-order valence-corrected chi connectivity index (χ2v) is 8.10. The summed E-state index contributed by atoms with van der Waals surface area (Å²) in [5.41, 5.74) is 3.24. The second kappa shape index (κ2) is 9.59. The molecule has 0 unspecified atom stereocenters. The van der Waals surface area contributed by atoms with Crippen LogP contribution in [-0.4, -0.2) is 21.2 Å². The minimum atomic E-state index is 0.0910. The van der Waals surface area contributed by atoms with Gasteiger partial charge in [-0.25, -0.2) is 0 Å². The van der Waals surface area contributed by atoms with Gasteiger partial charge in [-0.2, -0.15) is 10.4 Å². The molecular weight excluding hydrogens is 408 g/mol. The van der Waals surface area contributed by atoms with Gasteiger partial charge in [-0.05, 0) is 49.7 Å². The number of hydrogen-bond acceptors (Lipinski definition) is 6. The molecule has 0 radical (unpaired) electrons.